The summed E-state index contributed by atoms with van der Waals surface area (Å²) < 4.78 is 4.79. The van der Waals surface area contributed by atoms with Crippen LogP contribution in [-0.4, -0.2) is 23.1 Å². The van der Waals surface area contributed by atoms with Gasteiger partial charge >= 0.3 is 0 Å². The average molecular weight is 184 g/mol. The summed E-state index contributed by atoms with van der Waals surface area (Å²) >= 11 is 0. The zero-order valence-corrected chi connectivity index (χ0v) is 7.57. The van der Waals surface area contributed by atoms with Gasteiger partial charge in [0, 0.05) is 7.05 Å². The van der Waals surface area contributed by atoms with Gasteiger partial charge < -0.3 is 15.6 Å². The van der Waals surface area contributed by atoms with Gasteiger partial charge in [-0.1, -0.05) is 12.1 Å². The van der Waals surface area contributed by atoms with Crippen LogP contribution in [0.3, 0.4) is 0 Å². The number of nitrogens with two attached hydrogens (primary N) is 1. The van der Waals surface area contributed by atoms with Crippen molar-refractivity contribution in [3.05, 3.63) is 11.7 Å². The van der Waals surface area contributed by atoms with Crippen molar-refractivity contribution in [1.29, 1.82) is 0 Å². The first-order valence-electron chi connectivity index (χ1n) is 4.00. The van der Waals surface area contributed by atoms with E-state index < -0.39 is 0 Å². The Kier molecular flexibility index (Phi) is 2.97. The van der Waals surface area contributed by atoms with Crippen LogP contribution < -0.4 is 11.1 Å². The van der Waals surface area contributed by atoms with E-state index in [2.05, 4.69) is 15.5 Å². The minimum Gasteiger partial charge on any atom is -0.352 e. The summed E-state index contributed by atoms with van der Waals surface area (Å²) in [6, 6.07) is -0.300. The molecule has 0 radical (unpaired) electrons. The molecule has 0 aliphatic carbocycles. The highest BCUT2D eigenvalue weighted by atomic mass is 16.5. The van der Waals surface area contributed by atoms with Crippen LogP contribution >= 0.6 is 0 Å². The van der Waals surface area contributed by atoms with E-state index in [0.717, 1.165) is 0 Å². The smallest absolute Gasteiger partial charge is 0.292 e. The van der Waals surface area contributed by atoms with Gasteiger partial charge in [0.05, 0.1) is 6.04 Å². The standard InChI is InChI=1S/C7H12N4O2/c1-3-4(8)7-10-5(11-13-7)6(12)9-2/h4H,3,8H2,1-2H3,(H,9,12)/t4-/m0/s1. The molecule has 3 N–H and O–H groups in total. The van der Waals surface area contributed by atoms with Gasteiger partial charge in [-0.15, -0.1) is 0 Å². The molecule has 1 atom stereocenters. The highest BCUT2D eigenvalue weighted by Crippen LogP contribution is 2.10. The van der Waals surface area contributed by atoms with E-state index >= 15 is 0 Å². The van der Waals surface area contributed by atoms with Crippen LogP contribution in [0, 0.1) is 0 Å². The van der Waals surface area contributed by atoms with Gasteiger partial charge in [0.25, 0.3) is 11.7 Å². The number of hydrogen-bond donors (Lipinski definition) is 2. The SMILES string of the molecule is CC[C@H](N)c1nc(C(=O)NC)no1. The van der Waals surface area contributed by atoms with Gasteiger partial charge in [-0.2, -0.15) is 4.98 Å². The normalized spacial score (nSPS) is 12.5. The topological polar surface area (TPSA) is 94.0 Å². The van der Waals surface area contributed by atoms with Crippen molar-refractivity contribution in [1.82, 2.24) is 15.5 Å². The van der Waals surface area contributed by atoms with Gasteiger partial charge in [0.15, 0.2) is 0 Å². The number of nitrogens with zero attached hydrogens (tertiary/aromatic N) is 2. The summed E-state index contributed by atoms with van der Waals surface area (Å²) in [5.41, 5.74) is 5.62. The van der Waals surface area contributed by atoms with Crippen LogP contribution in [0.4, 0.5) is 0 Å². The highest BCUT2D eigenvalue weighted by molar-refractivity contribution is 5.89. The summed E-state index contributed by atoms with van der Waals surface area (Å²) in [5, 5.41) is 5.86. The van der Waals surface area contributed by atoms with Crippen LogP contribution in [0.25, 0.3) is 0 Å². The molecule has 1 aromatic rings. The summed E-state index contributed by atoms with van der Waals surface area (Å²) in [6.07, 6.45) is 0.690. The van der Waals surface area contributed by atoms with E-state index in [0.29, 0.717) is 12.3 Å². The van der Waals surface area contributed by atoms with E-state index in [1.165, 1.54) is 7.05 Å². The number of hydrogen-bond acceptors (Lipinski definition) is 5. The van der Waals surface area contributed by atoms with Crippen LogP contribution in [0.1, 0.15) is 35.9 Å². The molecule has 6 nitrogen and oxygen atoms in total. The van der Waals surface area contributed by atoms with E-state index in [1.54, 1.807) is 0 Å². The minimum atomic E-state index is -0.377. The van der Waals surface area contributed by atoms with Crippen LogP contribution in [0.2, 0.25) is 0 Å². The van der Waals surface area contributed by atoms with Crippen LogP contribution in [0.15, 0.2) is 4.52 Å². The number of nitrogens with one attached hydrogen (secondary N) is 1. The molecule has 1 aromatic heterocycles. The second-order valence-electron chi connectivity index (χ2n) is 2.55. The van der Waals surface area contributed by atoms with Crippen molar-refractivity contribution in [3.8, 4) is 0 Å². The number of aromatic nitrogens is 2. The second kappa shape index (κ2) is 3.99. The Bertz CT molecular complexity index is 296. The lowest BCUT2D eigenvalue weighted by Crippen LogP contribution is -2.19. The molecule has 1 amide bonds. The number of carbonyl (C=O) groups excluding carboxylic acids is 1. The Labute approximate surface area is 75.5 Å². The third-order valence-corrected chi connectivity index (χ3v) is 1.63. The Morgan fingerprint density at radius 2 is 2.46 bits per heavy atom. The van der Waals surface area contributed by atoms with Crippen molar-refractivity contribution in [2.45, 2.75) is 19.4 Å². The first-order valence-corrected chi connectivity index (χ1v) is 4.00. The monoisotopic (exact) mass is 184 g/mol. The summed E-state index contributed by atoms with van der Waals surface area (Å²) in [5.74, 6) is -0.0687. The van der Waals surface area contributed by atoms with Crippen molar-refractivity contribution in [3.63, 3.8) is 0 Å². The predicted molar refractivity (Wildman–Crippen MR) is 44.9 cm³/mol. The van der Waals surface area contributed by atoms with Gasteiger partial charge in [-0.3, -0.25) is 4.79 Å². The molecule has 72 valence electrons. The van der Waals surface area contributed by atoms with Crippen molar-refractivity contribution >= 4 is 5.91 Å². The molecule has 0 saturated carbocycles. The number of rotatable bonds is 3. The van der Waals surface area contributed by atoms with Crippen molar-refractivity contribution < 1.29 is 9.32 Å². The largest absolute Gasteiger partial charge is 0.352 e. The maximum atomic E-state index is 11.0. The maximum Gasteiger partial charge on any atom is 0.292 e. The number of amides is 1. The van der Waals surface area contributed by atoms with Crippen LogP contribution in [-0.2, 0) is 0 Å². The van der Waals surface area contributed by atoms with Crippen molar-refractivity contribution in [2.75, 3.05) is 7.05 Å². The molecule has 0 fully saturated rings. The molecule has 0 aromatic carbocycles. The van der Waals surface area contributed by atoms with E-state index in [4.69, 9.17) is 10.3 Å². The van der Waals surface area contributed by atoms with E-state index in [-0.39, 0.29) is 17.8 Å². The minimum absolute atomic E-state index is 0.0152. The third-order valence-electron chi connectivity index (χ3n) is 1.63. The molecule has 0 aliphatic heterocycles. The Balaban J connectivity index is 2.80. The van der Waals surface area contributed by atoms with Crippen molar-refractivity contribution in [2.24, 2.45) is 5.73 Å². The molecule has 0 saturated heterocycles. The zero-order chi connectivity index (χ0) is 9.84. The summed E-state index contributed by atoms with van der Waals surface area (Å²) in [7, 11) is 1.50. The molecular weight excluding hydrogens is 172 g/mol. The molecule has 0 spiro atoms. The molecule has 0 aliphatic rings. The zero-order valence-electron chi connectivity index (χ0n) is 7.57. The van der Waals surface area contributed by atoms with Gasteiger partial charge in [0.2, 0.25) is 5.89 Å². The van der Waals surface area contributed by atoms with Gasteiger partial charge in [0.1, 0.15) is 0 Å². The molecule has 0 bridgehead atoms. The maximum absolute atomic E-state index is 11.0. The first-order chi connectivity index (χ1) is 6.19. The Morgan fingerprint density at radius 3 is 3.00 bits per heavy atom. The fourth-order valence-corrected chi connectivity index (χ4v) is 0.764. The first kappa shape index (κ1) is 9.66. The lowest BCUT2D eigenvalue weighted by atomic mass is 10.2. The lowest BCUT2D eigenvalue weighted by Gasteiger charge is -1.98. The molecule has 1 heterocycles. The Hall–Kier alpha value is -1.43. The second-order valence-corrected chi connectivity index (χ2v) is 2.55. The van der Waals surface area contributed by atoms with E-state index in [9.17, 15) is 4.79 Å². The lowest BCUT2D eigenvalue weighted by molar-refractivity contribution is 0.0950. The molecule has 6 heteroatoms. The van der Waals surface area contributed by atoms with Gasteiger partial charge in [-0.05, 0) is 6.42 Å². The quantitative estimate of drug-likeness (QED) is 0.680. The Morgan fingerprint density at radius 1 is 1.77 bits per heavy atom. The molecule has 1 rings (SSSR count). The fourth-order valence-electron chi connectivity index (χ4n) is 0.764. The fraction of sp³-hybridized carbons (Fsp3) is 0.571. The molecule has 13 heavy (non-hydrogen) atoms. The van der Waals surface area contributed by atoms with Crippen LogP contribution in [0.5, 0.6) is 0 Å². The molecular formula is C7H12N4O2. The van der Waals surface area contributed by atoms with E-state index in [1.807, 2.05) is 6.92 Å². The average Bonchev–Trinajstić information content (AvgIpc) is 2.64. The highest BCUT2D eigenvalue weighted by Gasteiger charge is 2.16. The summed E-state index contributed by atoms with van der Waals surface area (Å²) in [4.78, 5) is 14.8. The molecule has 0 unspecified atom stereocenters. The summed E-state index contributed by atoms with van der Waals surface area (Å²) in [6.45, 7) is 1.90. The predicted octanol–water partition coefficient (Wildman–Crippen LogP) is -0.161. The number of carbonyl (C=O) groups is 1. The third kappa shape index (κ3) is 2.03. The van der Waals surface area contributed by atoms with Gasteiger partial charge in [-0.25, -0.2) is 0 Å².